The second kappa shape index (κ2) is 4.13. The molecule has 0 saturated carbocycles. The second-order valence-corrected chi connectivity index (χ2v) is 7.68. The van der Waals surface area contributed by atoms with Gasteiger partial charge in [0, 0.05) is 0 Å². The molecule has 1 fully saturated rings. The van der Waals surface area contributed by atoms with Crippen LogP contribution in [-0.4, -0.2) is 27.4 Å². The normalized spacial score (nSPS) is 19.1. The summed E-state index contributed by atoms with van der Waals surface area (Å²) < 4.78 is 28.2. The van der Waals surface area contributed by atoms with E-state index >= 15 is 0 Å². The van der Waals surface area contributed by atoms with Crippen molar-refractivity contribution in [2.75, 3.05) is 19.0 Å². The van der Waals surface area contributed by atoms with Gasteiger partial charge in [-0.05, 0) is 17.7 Å². The van der Waals surface area contributed by atoms with Gasteiger partial charge < -0.3 is 4.74 Å². The average Bonchev–Trinajstić information content (AvgIpc) is 2.26. The smallest absolute Gasteiger partial charge is 0.178 e. The Morgan fingerprint density at radius 3 is 2.25 bits per heavy atom. The van der Waals surface area contributed by atoms with Gasteiger partial charge in [-0.1, -0.05) is 35.0 Å². The van der Waals surface area contributed by atoms with Crippen LogP contribution in [0.5, 0.6) is 0 Å². The Kier molecular flexibility index (Phi) is 3.11. The van der Waals surface area contributed by atoms with Crippen molar-refractivity contribution in [2.45, 2.75) is 16.1 Å². The van der Waals surface area contributed by atoms with E-state index in [2.05, 4.69) is 15.9 Å². The summed E-state index contributed by atoms with van der Waals surface area (Å²) >= 11 is 3.59. The summed E-state index contributed by atoms with van der Waals surface area (Å²) in [7, 11) is -3.10. The highest BCUT2D eigenvalue weighted by molar-refractivity contribution is 9.09. The van der Waals surface area contributed by atoms with E-state index in [0.717, 1.165) is 5.56 Å². The number of alkyl halides is 1. The molecule has 0 unspecified atom stereocenters. The van der Waals surface area contributed by atoms with Crippen molar-refractivity contribution in [3.8, 4) is 0 Å². The molecule has 2 rings (SSSR count). The Balaban J connectivity index is 2.30. The van der Waals surface area contributed by atoms with Gasteiger partial charge >= 0.3 is 0 Å². The third-order valence-electron chi connectivity index (χ3n) is 2.77. The van der Waals surface area contributed by atoms with Gasteiger partial charge in [0.05, 0.1) is 28.2 Å². The van der Waals surface area contributed by atoms with Crippen molar-refractivity contribution in [1.29, 1.82) is 0 Å². The summed E-state index contributed by atoms with van der Waals surface area (Å²) in [5.41, 5.74) is 1.06. The van der Waals surface area contributed by atoms with Crippen LogP contribution < -0.4 is 0 Å². The maximum absolute atomic E-state index is 11.6. The van der Waals surface area contributed by atoms with Gasteiger partial charge in [0.2, 0.25) is 0 Å². The van der Waals surface area contributed by atoms with Gasteiger partial charge in [0.15, 0.2) is 9.84 Å². The zero-order valence-corrected chi connectivity index (χ0v) is 11.3. The highest BCUT2D eigenvalue weighted by Crippen LogP contribution is 2.38. The average molecular weight is 305 g/mol. The molecule has 0 spiro atoms. The molecule has 1 saturated heterocycles. The Morgan fingerprint density at radius 1 is 1.31 bits per heavy atom. The summed E-state index contributed by atoms with van der Waals surface area (Å²) in [6.07, 6.45) is 0. The third-order valence-corrected chi connectivity index (χ3v) is 5.44. The Bertz CT molecular complexity index is 474. The minimum Gasteiger partial charge on any atom is -0.378 e. The number of halogens is 1. The van der Waals surface area contributed by atoms with Crippen molar-refractivity contribution >= 4 is 25.8 Å². The predicted molar refractivity (Wildman–Crippen MR) is 65.6 cm³/mol. The lowest BCUT2D eigenvalue weighted by molar-refractivity contribution is -0.00700. The molecule has 1 aliphatic heterocycles. The minimum absolute atomic E-state index is 0.124. The molecule has 0 atom stereocenters. The van der Waals surface area contributed by atoms with Crippen molar-refractivity contribution < 1.29 is 13.2 Å². The van der Waals surface area contributed by atoms with E-state index in [0.29, 0.717) is 18.1 Å². The molecule has 1 aliphatic rings. The summed E-state index contributed by atoms with van der Waals surface area (Å²) in [4.78, 5) is 0.384. The van der Waals surface area contributed by atoms with Crippen molar-refractivity contribution in [1.82, 2.24) is 0 Å². The summed E-state index contributed by atoms with van der Waals surface area (Å²) in [5, 5.41) is 0. The SMILES string of the molecule is CCS(=O)(=O)c1ccc(C2(Br)COC2)cc1. The molecule has 16 heavy (non-hydrogen) atoms. The fourth-order valence-electron chi connectivity index (χ4n) is 1.58. The Hall–Kier alpha value is -0.390. The van der Waals surface area contributed by atoms with Crippen LogP contribution >= 0.6 is 15.9 Å². The van der Waals surface area contributed by atoms with E-state index in [1.807, 2.05) is 12.1 Å². The predicted octanol–water partition coefficient (Wildman–Crippen LogP) is 2.10. The Labute approximate surface area is 104 Å². The number of benzene rings is 1. The fourth-order valence-corrected chi connectivity index (χ4v) is 3.05. The van der Waals surface area contributed by atoms with E-state index in [4.69, 9.17) is 4.74 Å². The molecule has 88 valence electrons. The van der Waals surface area contributed by atoms with Crippen LogP contribution in [0.25, 0.3) is 0 Å². The highest BCUT2D eigenvalue weighted by atomic mass is 79.9. The third kappa shape index (κ3) is 2.04. The van der Waals surface area contributed by atoms with Gasteiger partial charge in [-0.25, -0.2) is 8.42 Å². The first-order chi connectivity index (χ1) is 7.48. The van der Waals surface area contributed by atoms with E-state index in [1.165, 1.54) is 0 Å². The topological polar surface area (TPSA) is 43.4 Å². The zero-order chi connectivity index (χ0) is 11.8. The van der Waals surface area contributed by atoms with Gasteiger partial charge in [-0.3, -0.25) is 0 Å². The molecule has 3 nitrogen and oxygen atoms in total. The number of rotatable bonds is 3. The number of hydrogen-bond acceptors (Lipinski definition) is 3. The monoisotopic (exact) mass is 304 g/mol. The van der Waals surface area contributed by atoms with Gasteiger partial charge in [0.1, 0.15) is 0 Å². The lowest BCUT2D eigenvalue weighted by Crippen LogP contribution is -2.40. The maximum Gasteiger partial charge on any atom is 0.178 e. The molecule has 0 bridgehead atoms. The van der Waals surface area contributed by atoms with E-state index in [9.17, 15) is 8.42 Å². The minimum atomic E-state index is -3.10. The number of ether oxygens (including phenoxy) is 1. The molecule has 1 aromatic rings. The van der Waals surface area contributed by atoms with Crippen LogP contribution in [0.15, 0.2) is 29.2 Å². The number of sulfone groups is 1. The van der Waals surface area contributed by atoms with Crippen LogP contribution in [0.2, 0.25) is 0 Å². The molecule has 5 heteroatoms. The molecular weight excluding hydrogens is 292 g/mol. The van der Waals surface area contributed by atoms with Crippen molar-refractivity contribution in [2.24, 2.45) is 0 Å². The van der Waals surface area contributed by atoms with Crippen LogP contribution in [0.3, 0.4) is 0 Å². The molecule has 1 aromatic carbocycles. The van der Waals surface area contributed by atoms with Gasteiger partial charge in [-0.15, -0.1) is 0 Å². The van der Waals surface area contributed by atoms with Crippen LogP contribution in [0, 0.1) is 0 Å². The van der Waals surface area contributed by atoms with Gasteiger partial charge in [-0.2, -0.15) is 0 Å². The summed E-state index contributed by atoms with van der Waals surface area (Å²) in [6.45, 7) is 2.91. The molecule has 0 N–H and O–H groups in total. The maximum atomic E-state index is 11.6. The first-order valence-corrected chi connectivity index (χ1v) is 7.52. The lowest BCUT2D eigenvalue weighted by Gasteiger charge is -2.36. The van der Waals surface area contributed by atoms with Gasteiger partial charge in [0.25, 0.3) is 0 Å². The second-order valence-electron chi connectivity index (χ2n) is 3.89. The van der Waals surface area contributed by atoms with Crippen molar-refractivity contribution in [3.05, 3.63) is 29.8 Å². The molecular formula is C11H13BrO3S. The van der Waals surface area contributed by atoms with Crippen LogP contribution in [-0.2, 0) is 18.9 Å². The van der Waals surface area contributed by atoms with E-state index in [1.54, 1.807) is 19.1 Å². The molecule has 0 amide bonds. The first-order valence-electron chi connectivity index (χ1n) is 5.08. The van der Waals surface area contributed by atoms with Crippen LogP contribution in [0.1, 0.15) is 12.5 Å². The summed E-state index contributed by atoms with van der Waals surface area (Å²) in [5.74, 6) is 0.134. The largest absolute Gasteiger partial charge is 0.378 e. The quantitative estimate of drug-likeness (QED) is 0.803. The van der Waals surface area contributed by atoms with E-state index in [-0.39, 0.29) is 10.1 Å². The lowest BCUT2D eigenvalue weighted by atomic mass is 9.98. The summed E-state index contributed by atoms with van der Waals surface area (Å²) in [6, 6.07) is 7.02. The molecule has 0 radical (unpaired) electrons. The van der Waals surface area contributed by atoms with Crippen molar-refractivity contribution in [3.63, 3.8) is 0 Å². The zero-order valence-electron chi connectivity index (χ0n) is 8.94. The van der Waals surface area contributed by atoms with Crippen LogP contribution in [0.4, 0.5) is 0 Å². The molecule has 1 heterocycles. The first kappa shape index (κ1) is 12.1. The highest BCUT2D eigenvalue weighted by Gasteiger charge is 2.37. The molecule has 0 aliphatic carbocycles. The molecule has 0 aromatic heterocycles. The fraction of sp³-hybridized carbons (Fsp3) is 0.455. The van der Waals surface area contributed by atoms with E-state index < -0.39 is 9.84 Å². The Morgan fingerprint density at radius 2 is 1.88 bits per heavy atom. The number of hydrogen-bond donors (Lipinski definition) is 0. The standard InChI is InChI=1S/C11H13BrO3S/c1-2-16(13,14)10-5-3-9(4-6-10)11(12)7-15-8-11/h3-6H,2,7-8H2,1H3.